The Kier molecular flexibility index (Phi) is 7.48. The predicted octanol–water partition coefficient (Wildman–Crippen LogP) is 5.56. The number of nitrogens with zero attached hydrogens (tertiary/aromatic N) is 2. The average molecular weight is 435 g/mol. The summed E-state index contributed by atoms with van der Waals surface area (Å²) in [5.74, 6) is 1.32. The van der Waals surface area contributed by atoms with Gasteiger partial charge in [-0.3, -0.25) is 4.79 Å². The first-order valence-corrected chi connectivity index (χ1v) is 11.8. The highest BCUT2D eigenvalue weighted by atomic mass is 16.5. The fourth-order valence-electron chi connectivity index (χ4n) is 4.28. The molecule has 0 radical (unpaired) electrons. The standard InChI is InChI=1S/C27H34N2O3/c1-28(2)22-11-9-21(10-12-22)26-20-25(30)24-14-13-23(19-27(24)32-26)31-18-8-4-3-5-15-29-16-6-7-17-29/h9-14,19-20H,3-8,15-18H2,1-2H3. The minimum atomic E-state index is -0.0394. The first kappa shape index (κ1) is 22.4. The van der Waals surface area contributed by atoms with Crippen molar-refractivity contribution in [2.75, 3.05) is 45.2 Å². The number of hydrogen-bond acceptors (Lipinski definition) is 5. The first-order valence-electron chi connectivity index (χ1n) is 11.8. The van der Waals surface area contributed by atoms with Crippen molar-refractivity contribution in [3.63, 3.8) is 0 Å². The van der Waals surface area contributed by atoms with E-state index in [1.807, 2.05) is 55.4 Å². The Balaban J connectivity index is 1.33. The van der Waals surface area contributed by atoms with Crippen molar-refractivity contribution in [2.45, 2.75) is 38.5 Å². The second kappa shape index (κ2) is 10.7. The predicted molar refractivity (Wildman–Crippen MR) is 132 cm³/mol. The van der Waals surface area contributed by atoms with Crippen molar-refractivity contribution >= 4 is 16.7 Å². The normalized spacial score (nSPS) is 14.2. The number of anilines is 1. The van der Waals surface area contributed by atoms with E-state index in [2.05, 4.69) is 4.90 Å². The fraction of sp³-hybridized carbons (Fsp3) is 0.444. The van der Waals surface area contributed by atoms with Crippen LogP contribution in [0.15, 0.2) is 57.7 Å². The van der Waals surface area contributed by atoms with Crippen molar-refractivity contribution in [3.8, 4) is 17.1 Å². The minimum absolute atomic E-state index is 0.0394. The summed E-state index contributed by atoms with van der Waals surface area (Å²) in [5, 5.41) is 0.577. The number of fused-ring (bicyclic) bond motifs is 1. The second-order valence-electron chi connectivity index (χ2n) is 8.89. The molecule has 0 amide bonds. The molecule has 1 fully saturated rings. The lowest BCUT2D eigenvalue weighted by Gasteiger charge is -2.13. The Hall–Kier alpha value is -2.79. The van der Waals surface area contributed by atoms with Crippen molar-refractivity contribution < 1.29 is 9.15 Å². The van der Waals surface area contributed by atoms with Gasteiger partial charge in [-0.15, -0.1) is 0 Å². The lowest BCUT2D eigenvalue weighted by Crippen LogP contribution is -2.20. The Labute approximate surface area is 190 Å². The van der Waals surface area contributed by atoms with Gasteiger partial charge in [0.2, 0.25) is 0 Å². The van der Waals surface area contributed by atoms with Gasteiger partial charge in [-0.05, 0) is 81.7 Å². The van der Waals surface area contributed by atoms with Crippen LogP contribution in [0.2, 0.25) is 0 Å². The molecule has 5 heteroatoms. The van der Waals surface area contributed by atoms with Gasteiger partial charge < -0.3 is 19.0 Å². The highest BCUT2D eigenvalue weighted by Gasteiger charge is 2.11. The van der Waals surface area contributed by atoms with Gasteiger partial charge in [-0.1, -0.05) is 12.8 Å². The van der Waals surface area contributed by atoms with Gasteiger partial charge in [-0.2, -0.15) is 0 Å². The van der Waals surface area contributed by atoms with Crippen LogP contribution in [0.3, 0.4) is 0 Å². The summed E-state index contributed by atoms with van der Waals surface area (Å²) in [5.41, 5.74) is 2.51. The van der Waals surface area contributed by atoms with Gasteiger partial charge in [0.1, 0.15) is 17.1 Å². The second-order valence-corrected chi connectivity index (χ2v) is 8.89. The van der Waals surface area contributed by atoms with E-state index in [0.717, 1.165) is 23.4 Å². The molecule has 0 bridgehead atoms. The highest BCUT2D eigenvalue weighted by molar-refractivity contribution is 5.80. The molecule has 1 aromatic heterocycles. The van der Waals surface area contributed by atoms with Crippen LogP contribution in [0, 0.1) is 0 Å². The molecule has 1 saturated heterocycles. The molecule has 1 aliphatic rings. The molecule has 0 spiro atoms. The fourth-order valence-corrected chi connectivity index (χ4v) is 4.28. The zero-order valence-electron chi connectivity index (χ0n) is 19.3. The maximum Gasteiger partial charge on any atom is 0.193 e. The third kappa shape index (κ3) is 5.71. The van der Waals surface area contributed by atoms with E-state index in [1.165, 1.54) is 51.7 Å². The molecule has 1 aliphatic heterocycles. The molecule has 0 aliphatic carbocycles. The SMILES string of the molecule is CN(C)c1ccc(-c2cc(=O)c3ccc(OCCCCCCN4CCCC4)cc3o2)cc1. The van der Waals surface area contributed by atoms with Crippen LogP contribution in [-0.2, 0) is 0 Å². The Bertz CT molecular complexity index is 1070. The van der Waals surface area contributed by atoms with Crippen LogP contribution >= 0.6 is 0 Å². The smallest absolute Gasteiger partial charge is 0.193 e. The van der Waals surface area contributed by atoms with Crippen LogP contribution < -0.4 is 15.1 Å². The molecule has 2 heterocycles. The van der Waals surface area contributed by atoms with Crippen molar-refractivity contribution in [1.82, 2.24) is 4.90 Å². The van der Waals surface area contributed by atoms with Gasteiger partial charge in [0.25, 0.3) is 0 Å². The maximum atomic E-state index is 12.6. The number of ether oxygens (including phenoxy) is 1. The van der Waals surface area contributed by atoms with Crippen molar-refractivity contribution in [2.24, 2.45) is 0 Å². The minimum Gasteiger partial charge on any atom is -0.493 e. The van der Waals surface area contributed by atoms with Crippen molar-refractivity contribution in [1.29, 1.82) is 0 Å². The Morgan fingerprint density at radius 3 is 2.44 bits per heavy atom. The van der Waals surface area contributed by atoms with E-state index < -0.39 is 0 Å². The molecule has 5 nitrogen and oxygen atoms in total. The largest absolute Gasteiger partial charge is 0.493 e. The zero-order chi connectivity index (χ0) is 22.3. The summed E-state index contributed by atoms with van der Waals surface area (Å²) in [6.45, 7) is 4.49. The summed E-state index contributed by atoms with van der Waals surface area (Å²) in [6, 6.07) is 15.0. The highest BCUT2D eigenvalue weighted by Crippen LogP contribution is 2.26. The zero-order valence-corrected chi connectivity index (χ0v) is 19.3. The number of rotatable bonds is 10. The third-order valence-corrected chi connectivity index (χ3v) is 6.20. The van der Waals surface area contributed by atoms with Crippen molar-refractivity contribution in [3.05, 3.63) is 58.8 Å². The summed E-state index contributed by atoms with van der Waals surface area (Å²) in [4.78, 5) is 17.2. The van der Waals surface area contributed by atoms with Gasteiger partial charge in [0, 0.05) is 37.5 Å². The quantitative estimate of drug-likeness (QED) is 0.391. The van der Waals surface area contributed by atoms with Gasteiger partial charge in [0.15, 0.2) is 5.43 Å². The van der Waals surface area contributed by atoms with Crippen LogP contribution in [0.4, 0.5) is 5.69 Å². The molecule has 0 atom stereocenters. The van der Waals surface area contributed by atoms with Crippen LogP contribution in [0.25, 0.3) is 22.3 Å². The number of benzene rings is 2. The van der Waals surface area contributed by atoms with E-state index in [0.29, 0.717) is 23.3 Å². The summed E-state index contributed by atoms with van der Waals surface area (Å²) >= 11 is 0. The number of unbranched alkanes of at least 4 members (excludes halogenated alkanes) is 3. The molecule has 0 saturated carbocycles. The lowest BCUT2D eigenvalue weighted by atomic mass is 10.1. The van der Waals surface area contributed by atoms with E-state index >= 15 is 0 Å². The van der Waals surface area contributed by atoms with Gasteiger partial charge in [-0.25, -0.2) is 0 Å². The summed E-state index contributed by atoms with van der Waals surface area (Å²) in [6.07, 6.45) is 7.49. The lowest BCUT2D eigenvalue weighted by molar-refractivity contribution is 0.297. The van der Waals surface area contributed by atoms with Crippen LogP contribution in [-0.4, -0.2) is 45.2 Å². The van der Waals surface area contributed by atoms with Gasteiger partial charge >= 0.3 is 0 Å². The molecular formula is C27H34N2O3. The Morgan fingerprint density at radius 2 is 1.69 bits per heavy atom. The van der Waals surface area contributed by atoms with E-state index in [4.69, 9.17) is 9.15 Å². The third-order valence-electron chi connectivity index (χ3n) is 6.20. The maximum absolute atomic E-state index is 12.6. The van der Waals surface area contributed by atoms with Crippen LogP contribution in [0.5, 0.6) is 5.75 Å². The molecule has 0 unspecified atom stereocenters. The monoisotopic (exact) mass is 434 g/mol. The molecule has 170 valence electrons. The van der Waals surface area contributed by atoms with E-state index in [-0.39, 0.29) is 5.43 Å². The summed E-state index contributed by atoms with van der Waals surface area (Å²) < 4.78 is 12.0. The molecule has 0 N–H and O–H groups in total. The van der Waals surface area contributed by atoms with Gasteiger partial charge in [0.05, 0.1) is 12.0 Å². The molecule has 3 aromatic rings. The molecule has 2 aromatic carbocycles. The van der Waals surface area contributed by atoms with E-state index in [9.17, 15) is 4.79 Å². The molecular weight excluding hydrogens is 400 g/mol. The van der Waals surface area contributed by atoms with Crippen LogP contribution in [0.1, 0.15) is 38.5 Å². The number of likely N-dealkylation sites (tertiary alicyclic amines) is 1. The molecule has 4 rings (SSSR count). The number of hydrogen-bond donors (Lipinski definition) is 0. The topological polar surface area (TPSA) is 45.9 Å². The Morgan fingerprint density at radius 1 is 0.938 bits per heavy atom. The molecule has 32 heavy (non-hydrogen) atoms. The first-order chi connectivity index (χ1) is 15.6. The summed E-state index contributed by atoms with van der Waals surface area (Å²) in [7, 11) is 4.00. The van der Waals surface area contributed by atoms with E-state index in [1.54, 1.807) is 12.1 Å². The average Bonchev–Trinajstić information content (AvgIpc) is 3.32.